The van der Waals surface area contributed by atoms with Crippen LogP contribution in [0.5, 0.6) is 0 Å². The predicted octanol–water partition coefficient (Wildman–Crippen LogP) is 3.77. The highest BCUT2D eigenvalue weighted by atomic mass is 16.2. The molecular weight excluding hydrogens is 284 g/mol. The molecule has 23 heavy (non-hydrogen) atoms. The molecule has 1 heterocycles. The van der Waals surface area contributed by atoms with Gasteiger partial charge in [-0.2, -0.15) is 0 Å². The van der Waals surface area contributed by atoms with Gasteiger partial charge in [0.1, 0.15) is 0 Å². The van der Waals surface area contributed by atoms with Crippen molar-refractivity contribution < 1.29 is 4.79 Å². The number of piperazine rings is 1. The Morgan fingerprint density at radius 3 is 2.13 bits per heavy atom. The first-order valence-corrected chi connectivity index (χ1v) is 8.35. The van der Waals surface area contributed by atoms with Gasteiger partial charge < -0.3 is 9.80 Å². The van der Waals surface area contributed by atoms with Gasteiger partial charge in [0, 0.05) is 37.4 Å². The normalized spacial score (nSPS) is 15.1. The molecule has 3 nitrogen and oxygen atoms in total. The summed E-state index contributed by atoms with van der Waals surface area (Å²) in [5, 5.41) is 0. The Morgan fingerprint density at radius 2 is 1.48 bits per heavy atom. The molecule has 120 valence electrons. The molecule has 0 saturated carbocycles. The fraction of sp³-hybridized carbons (Fsp3) is 0.350. The Kier molecular flexibility index (Phi) is 4.65. The quantitative estimate of drug-likeness (QED) is 0.861. The van der Waals surface area contributed by atoms with Crippen molar-refractivity contribution in [2.24, 2.45) is 0 Å². The first kappa shape index (κ1) is 15.6. The van der Waals surface area contributed by atoms with Gasteiger partial charge >= 0.3 is 0 Å². The molecule has 3 rings (SSSR count). The smallest absolute Gasteiger partial charge is 0.253 e. The molecule has 3 heteroatoms. The Hall–Kier alpha value is -2.29. The van der Waals surface area contributed by atoms with Crippen LogP contribution in [0.15, 0.2) is 54.6 Å². The maximum Gasteiger partial charge on any atom is 0.253 e. The molecule has 1 aliphatic rings. The topological polar surface area (TPSA) is 23.6 Å². The van der Waals surface area contributed by atoms with Gasteiger partial charge in [-0.3, -0.25) is 4.79 Å². The summed E-state index contributed by atoms with van der Waals surface area (Å²) in [6, 6.07) is 18.2. The number of anilines is 1. The molecular formula is C20H24N2O. The molecule has 1 amide bonds. The summed E-state index contributed by atoms with van der Waals surface area (Å²) in [5.74, 6) is 0.651. The van der Waals surface area contributed by atoms with E-state index in [2.05, 4.69) is 43.0 Å². The van der Waals surface area contributed by atoms with Crippen LogP contribution >= 0.6 is 0 Å². The van der Waals surface area contributed by atoms with E-state index in [0.717, 1.165) is 31.7 Å². The third-order valence-corrected chi connectivity index (χ3v) is 4.49. The summed E-state index contributed by atoms with van der Waals surface area (Å²) in [6.07, 6.45) is 0. The van der Waals surface area contributed by atoms with E-state index in [0.29, 0.717) is 5.92 Å². The van der Waals surface area contributed by atoms with Crippen LogP contribution in [0.3, 0.4) is 0 Å². The number of para-hydroxylation sites is 1. The zero-order chi connectivity index (χ0) is 16.2. The second kappa shape index (κ2) is 6.86. The molecule has 2 aromatic carbocycles. The van der Waals surface area contributed by atoms with Gasteiger partial charge in [-0.15, -0.1) is 0 Å². The number of benzene rings is 2. The van der Waals surface area contributed by atoms with Gasteiger partial charge in [0.05, 0.1) is 0 Å². The van der Waals surface area contributed by atoms with Crippen LogP contribution in [0.1, 0.15) is 35.7 Å². The van der Waals surface area contributed by atoms with Gasteiger partial charge in [-0.05, 0) is 29.7 Å². The molecule has 1 saturated heterocycles. The third kappa shape index (κ3) is 3.39. The molecule has 0 aliphatic carbocycles. The lowest BCUT2D eigenvalue weighted by molar-refractivity contribution is 0.0746. The van der Waals surface area contributed by atoms with Crippen LogP contribution < -0.4 is 4.90 Å². The van der Waals surface area contributed by atoms with Gasteiger partial charge in [0.25, 0.3) is 5.91 Å². The van der Waals surface area contributed by atoms with Crippen molar-refractivity contribution in [2.45, 2.75) is 19.8 Å². The predicted molar refractivity (Wildman–Crippen MR) is 95.1 cm³/mol. The van der Waals surface area contributed by atoms with Crippen molar-refractivity contribution in [2.75, 3.05) is 31.1 Å². The fourth-order valence-electron chi connectivity index (χ4n) is 3.18. The van der Waals surface area contributed by atoms with E-state index < -0.39 is 0 Å². The zero-order valence-corrected chi connectivity index (χ0v) is 13.9. The monoisotopic (exact) mass is 308 g/mol. The number of hydrogen-bond acceptors (Lipinski definition) is 2. The van der Waals surface area contributed by atoms with Crippen molar-refractivity contribution in [1.29, 1.82) is 0 Å². The van der Waals surface area contributed by atoms with E-state index in [-0.39, 0.29) is 5.91 Å². The van der Waals surface area contributed by atoms with E-state index in [1.807, 2.05) is 35.2 Å². The van der Waals surface area contributed by atoms with E-state index in [4.69, 9.17) is 0 Å². The Labute approximate surface area is 138 Å². The summed E-state index contributed by atoms with van der Waals surface area (Å²) < 4.78 is 0. The fourth-order valence-corrected chi connectivity index (χ4v) is 3.18. The Balaban J connectivity index is 1.68. The highest BCUT2D eigenvalue weighted by Gasteiger charge is 2.23. The maximum atomic E-state index is 12.5. The van der Waals surface area contributed by atoms with Crippen LogP contribution in [-0.2, 0) is 0 Å². The first-order valence-electron chi connectivity index (χ1n) is 8.35. The average molecular weight is 308 g/mol. The van der Waals surface area contributed by atoms with E-state index >= 15 is 0 Å². The van der Waals surface area contributed by atoms with Crippen LogP contribution in [0.2, 0.25) is 0 Å². The van der Waals surface area contributed by atoms with Crippen molar-refractivity contribution in [1.82, 2.24) is 4.90 Å². The van der Waals surface area contributed by atoms with Crippen molar-refractivity contribution >= 4 is 11.6 Å². The molecule has 0 aromatic heterocycles. The van der Waals surface area contributed by atoms with Crippen LogP contribution in [0.25, 0.3) is 0 Å². The third-order valence-electron chi connectivity index (χ3n) is 4.49. The second-order valence-corrected chi connectivity index (χ2v) is 6.36. The first-order chi connectivity index (χ1) is 11.2. The van der Waals surface area contributed by atoms with Crippen molar-refractivity contribution in [3.8, 4) is 0 Å². The molecule has 2 aromatic rings. The van der Waals surface area contributed by atoms with Crippen LogP contribution in [-0.4, -0.2) is 37.0 Å². The highest BCUT2D eigenvalue weighted by Crippen LogP contribution is 2.28. The van der Waals surface area contributed by atoms with Gasteiger partial charge in [-0.1, -0.05) is 50.2 Å². The summed E-state index contributed by atoms with van der Waals surface area (Å²) in [7, 11) is 0. The SMILES string of the molecule is CC(C)c1ccccc1N1CCN(C(=O)c2ccccc2)CC1. The molecule has 0 spiro atoms. The zero-order valence-electron chi connectivity index (χ0n) is 13.9. The number of carbonyl (C=O) groups excluding carboxylic acids is 1. The number of hydrogen-bond donors (Lipinski definition) is 0. The minimum Gasteiger partial charge on any atom is -0.368 e. The number of nitrogens with zero attached hydrogens (tertiary/aromatic N) is 2. The summed E-state index contributed by atoms with van der Waals surface area (Å²) in [4.78, 5) is 16.9. The lowest BCUT2D eigenvalue weighted by Crippen LogP contribution is -2.49. The Bertz CT molecular complexity index is 658. The molecule has 0 N–H and O–H groups in total. The molecule has 0 atom stereocenters. The number of carbonyl (C=O) groups is 1. The van der Waals surface area contributed by atoms with E-state index in [1.165, 1.54) is 11.3 Å². The Morgan fingerprint density at radius 1 is 0.870 bits per heavy atom. The minimum atomic E-state index is 0.141. The summed E-state index contributed by atoms with van der Waals surface area (Å²) in [6.45, 7) is 7.80. The van der Waals surface area contributed by atoms with Gasteiger partial charge in [0.15, 0.2) is 0 Å². The number of amides is 1. The molecule has 1 aliphatic heterocycles. The van der Waals surface area contributed by atoms with E-state index in [1.54, 1.807) is 0 Å². The van der Waals surface area contributed by atoms with E-state index in [9.17, 15) is 4.79 Å². The average Bonchev–Trinajstić information content (AvgIpc) is 2.62. The van der Waals surface area contributed by atoms with Crippen LogP contribution in [0.4, 0.5) is 5.69 Å². The van der Waals surface area contributed by atoms with Crippen molar-refractivity contribution in [3.05, 3.63) is 65.7 Å². The molecule has 0 bridgehead atoms. The lowest BCUT2D eigenvalue weighted by Gasteiger charge is -2.37. The maximum absolute atomic E-state index is 12.5. The van der Waals surface area contributed by atoms with Crippen LogP contribution in [0, 0.1) is 0 Å². The minimum absolute atomic E-state index is 0.141. The lowest BCUT2D eigenvalue weighted by atomic mass is 10.00. The molecule has 1 fully saturated rings. The van der Waals surface area contributed by atoms with Gasteiger partial charge in [0.2, 0.25) is 0 Å². The summed E-state index contributed by atoms with van der Waals surface area (Å²) >= 11 is 0. The standard InChI is InChI=1S/C20H24N2O/c1-16(2)18-10-6-7-11-19(18)21-12-14-22(15-13-21)20(23)17-8-4-3-5-9-17/h3-11,16H,12-15H2,1-2H3. The molecule has 0 unspecified atom stereocenters. The number of rotatable bonds is 3. The second-order valence-electron chi connectivity index (χ2n) is 6.36. The highest BCUT2D eigenvalue weighted by molar-refractivity contribution is 5.94. The van der Waals surface area contributed by atoms with Crippen molar-refractivity contribution in [3.63, 3.8) is 0 Å². The summed E-state index contributed by atoms with van der Waals surface area (Å²) in [5.41, 5.74) is 3.48. The molecule has 0 radical (unpaired) electrons. The largest absolute Gasteiger partial charge is 0.368 e. The van der Waals surface area contributed by atoms with Gasteiger partial charge in [-0.25, -0.2) is 0 Å².